The number of ketones is 1. The van der Waals surface area contributed by atoms with E-state index in [1.165, 1.54) is 0 Å². The third-order valence-electron chi connectivity index (χ3n) is 8.12. The number of aliphatic carboxylic acids is 1. The fourth-order valence-electron chi connectivity index (χ4n) is 6.37. The summed E-state index contributed by atoms with van der Waals surface area (Å²) >= 11 is 6.51. The Morgan fingerprint density at radius 3 is 2.33 bits per heavy atom. The van der Waals surface area contributed by atoms with Crippen molar-refractivity contribution in [3.63, 3.8) is 0 Å². The summed E-state index contributed by atoms with van der Waals surface area (Å²) in [6.45, 7) is 0.643. The number of hydrogen-bond acceptors (Lipinski definition) is 3. The van der Waals surface area contributed by atoms with Crippen LogP contribution in [0.5, 0.6) is 0 Å². The second-order valence-corrected chi connectivity index (χ2v) is 11.0. The van der Waals surface area contributed by atoms with Crippen molar-refractivity contribution in [3.05, 3.63) is 89.3 Å². The van der Waals surface area contributed by atoms with E-state index in [1.54, 1.807) is 12.4 Å². The minimum atomic E-state index is -0.684. The summed E-state index contributed by atoms with van der Waals surface area (Å²) < 4.78 is 2.11. The molecule has 0 saturated heterocycles. The largest absolute Gasteiger partial charge is 0.481 e. The summed E-state index contributed by atoms with van der Waals surface area (Å²) in [6, 6.07) is 18.1. The number of nitrogens with zero attached hydrogens (tertiary/aromatic N) is 2. The fraction of sp³-hybridized carbons (Fsp3) is 0.300. The molecular weight excluding hydrogens is 472 g/mol. The zero-order valence-electron chi connectivity index (χ0n) is 19.9. The molecule has 0 radical (unpaired) electrons. The van der Waals surface area contributed by atoms with Gasteiger partial charge >= 0.3 is 5.97 Å². The van der Waals surface area contributed by atoms with Crippen molar-refractivity contribution < 1.29 is 14.7 Å². The van der Waals surface area contributed by atoms with E-state index in [9.17, 15) is 14.7 Å². The molecule has 0 aliphatic heterocycles. The topological polar surface area (TPSA) is 72.2 Å². The predicted octanol–water partition coefficient (Wildman–Crippen LogP) is 6.87. The lowest BCUT2D eigenvalue weighted by molar-refractivity contribution is -0.157. The van der Waals surface area contributed by atoms with E-state index in [0.29, 0.717) is 29.5 Å². The highest BCUT2D eigenvalue weighted by Crippen LogP contribution is 2.62. The van der Waals surface area contributed by atoms with Gasteiger partial charge in [0.2, 0.25) is 0 Å². The summed E-state index contributed by atoms with van der Waals surface area (Å²) in [4.78, 5) is 28.7. The monoisotopic (exact) mass is 498 g/mol. The Morgan fingerprint density at radius 2 is 1.64 bits per heavy atom. The molecule has 4 aromatic rings. The van der Waals surface area contributed by atoms with Crippen molar-refractivity contribution in [2.75, 3.05) is 0 Å². The fourth-order valence-corrected chi connectivity index (χ4v) is 6.58. The number of Topliss-reactive ketones (excluding diaryl/α,β-unsaturated/α-hetero) is 1. The van der Waals surface area contributed by atoms with Gasteiger partial charge in [0.15, 0.2) is 5.78 Å². The number of carboxylic acids is 1. The van der Waals surface area contributed by atoms with Crippen LogP contribution in [0.4, 0.5) is 0 Å². The molecule has 5 nitrogen and oxygen atoms in total. The molecule has 0 unspecified atom stereocenters. The van der Waals surface area contributed by atoms with Crippen LogP contribution >= 0.6 is 11.6 Å². The summed E-state index contributed by atoms with van der Waals surface area (Å²) in [5.74, 6) is -0.406. The van der Waals surface area contributed by atoms with Crippen LogP contribution in [0, 0.1) is 17.3 Å². The van der Waals surface area contributed by atoms with Gasteiger partial charge in [-0.05, 0) is 84.0 Å². The van der Waals surface area contributed by atoms with Gasteiger partial charge in [-0.2, -0.15) is 0 Å². The number of carbonyl (C=O) groups excluding carboxylic acids is 1. The quantitative estimate of drug-likeness (QED) is 0.282. The Balaban J connectivity index is 1.19. The molecule has 6 heteroatoms. The van der Waals surface area contributed by atoms with Gasteiger partial charge in [-0.25, -0.2) is 0 Å². The highest BCUT2D eigenvalue weighted by atomic mass is 35.5. The van der Waals surface area contributed by atoms with Crippen LogP contribution in [0.3, 0.4) is 0 Å². The molecule has 0 bridgehead atoms. The maximum absolute atomic E-state index is 13.4. The third kappa shape index (κ3) is 4.11. The van der Waals surface area contributed by atoms with Crippen LogP contribution in [0.15, 0.2) is 73.2 Å². The van der Waals surface area contributed by atoms with Crippen LogP contribution in [0.2, 0.25) is 5.02 Å². The third-order valence-corrected chi connectivity index (χ3v) is 8.45. The molecule has 2 aromatic heterocycles. The van der Waals surface area contributed by atoms with Gasteiger partial charge in [0.05, 0.1) is 11.4 Å². The van der Waals surface area contributed by atoms with Crippen LogP contribution in [-0.2, 0) is 11.3 Å². The van der Waals surface area contributed by atoms with Gasteiger partial charge in [0, 0.05) is 47.5 Å². The minimum absolute atomic E-state index is 0.138. The predicted molar refractivity (Wildman–Crippen MR) is 140 cm³/mol. The maximum atomic E-state index is 13.4. The summed E-state index contributed by atoms with van der Waals surface area (Å²) in [7, 11) is 0. The lowest BCUT2D eigenvalue weighted by atomic mass is 9.47. The number of carbonyl (C=O) groups is 2. The van der Waals surface area contributed by atoms with Gasteiger partial charge < -0.3 is 9.67 Å². The SMILES string of the molecule is O=C(CC1CC2(C1)CC(C(=O)O)C2)c1ccc(Cl)c2ccn(Cc3ccc(-c4ccncc4)cc3)c12. The van der Waals surface area contributed by atoms with E-state index in [0.717, 1.165) is 53.3 Å². The van der Waals surface area contributed by atoms with Gasteiger partial charge in [-0.15, -0.1) is 0 Å². The van der Waals surface area contributed by atoms with E-state index in [4.69, 9.17) is 11.6 Å². The zero-order chi connectivity index (χ0) is 24.9. The lowest BCUT2D eigenvalue weighted by Crippen LogP contribution is -2.50. The number of halogens is 1. The molecule has 6 rings (SSSR count). The van der Waals surface area contributed by atoms with Crippen molar-refractivity contribution in [3.8, 4) is 11.1 Å². The van der Waals surface area contributed by atoms with Gasteiger partial charge in [0.1, 0.15) is 0 Å². The first-order valence-electron chi connectivity index (χ1n) is 12.4. The van der Waals surface area contributed by atoms with Crippen LogP contribution in [-0.4, -0.2) is 26.4 Å². The molecule has 182 valence electrons. The molecule has 2 saturated carbocycles. The van der Waals surface area contributed by atoms with Gasteiger partial charge in [0.25, 0.3) is 0 Å². The van der Waals surface area contributed by atoms with E-state index in [-0.39, 0.29) is 17.1 Å². The smallest absolute Gasteiger partial charge is 0.306 e. The highest BCUT2D eigenvalue weighted by molar-refractivity contribution is 6.36. The molecule has 0 atom stereocenters. The van der Waals surface area contributed by atoms with Crippen molar-refractivity contribution in [1.29, 1.82) is 0 Å². The molecule has 2 aliphatic rings. The van der Waals surface area contributed by atoms with Crippen LogP contribution in [0.1, 0.15) is 48.0 Å². The Kier molecular flexibility index (Phi) is 5.68. The summed E-state index contributed by atoms with van der Waals surface area (Å²) in [5.41, 5.74) is 5.17. The molecule has 2 aliphatic carbocycles. The molecule has 2 aromatic carbocycles. The normalized spacial score (nSPS) is 22.8. The average Bonchev–Trinajstić information content (AvgIpc) is 3.25. The van der Waals surface area contributed by atoms with E-state index >= 15 is 0 Å². The second kappa shape index (κ2) is 8.90. The van der Waals surface area contributed by atoms with E-state index < -0.39 is 5.97 Å². The summed E-state index contributed by atoms with van der Waals surface area (Å²) in [6.07, 6.45) is 9.54. The van der Waals surface area contributed by atoms with Crippen molar-refractivity contribution in [2.45, 2.75) is 38.6 Å². The standard InChI is InChI=1S/C30H27ClN2O3/c31-26-6-5-25(27(34)13-20-14-30(15-20)16-23(17-30)29(35)36)28-24(26)9-12-33(28)18-19-1-3-21(4-2-19)22-7-10-32-11-8-22/h1-12,20,23H,13-18H2,(H,35,36). The number of hydrogen-bond donors (Lipinski definition) is 1. The molecule has 1 N–H and O–H groups in total. The zero-order valence-corrected chi connectivity index (χ0v) is 20.6. The Morgan fingerprint density at radius 1 is 0.944 bits per heavy atom. The Bertz CT molecular complexity index is 1450. The number of fused-ring (bicyclic) bond motifs is 1. The minimum Gasteiger partial charge on any atom is -0.481 e. The highest BCUT2D eigenvalue weighted by Gasteiger charge is 2.54. The van der Waals surface area contributed by atoms with Gasteiger partial charge in [-0.3, -0.25) is 14.6 Å². The molecule has 0 amide bonds. The first-order chi connectivity index (χ1) is 17.4. The van der Waals surface area contributed by atoms with Crippen molar-refractivity contribution in [1.82, 2.24) is 9.55 Å². The van der Waals surface area contributed by atoms with Crippen molar-refractivity contribution >= 4 is 34.3 Å². The van der Waals surface area contributed by atoms with E-state index in [1.807, 2.05) is 36.5 Å². The molecule has 36 heavy (non-hydrogen) atoms. The molecule has 2 fully saturated rings. The van der Waals surface area contributed by atoms with Crippen LogP contribution in [0.25, 0.3) is 22.0 Å². The number of benzene rings is 2. The van der Waals surface area contributed by atoms with Crippen LogP contribution < -0.4 is 0 Å². The second-order valence-electron chi connectivity index (χ2n) is 10.6. The molecule has 2 heterocycles. The number of aromatic nitrogens is 2. The number of rotatable bonds is 7. The average molecular weight is 499 g/mol. The Labute approximate surface area is 214 Å². The number of carboxylic acid groups (broad SMARTS) is 1. The van der Waals surface area contributed by atoms with Gasteiger partial charge in [-0.1, -0.05) is 35.9 Å². The maximum Gasteiger partial charge on any atom is 0.306 e. The molecular formula is C30H27ClN2O3. The first-order valence-corrected chi connectivity index (χ1v) is 12.8. The van der Waals surface area contributed by atoms with E-state index in [2.05, 4.69) is 33.8 Å². The lowest BCUT2D eigenvalue weighted by Gasteiger charge is -2.56. The first kappa shape index (κ1) is 23.0. The summed E-state index contributed by atoms with van der Waals surface area (Å²) in [5, 5.41) is 10.7. The Hall–Kier alpha value is -3.44. The van der Waals surface area contributed by atoms with Crippen molar-refractivity contribution in [2.24, 2.45) is 17.3 Å². The molecule has 1 spiro atoms. The number of pyridine rings is 1.